The van der Waals surface area contributed by atoms with Gasteiger partial charge >= 0.3 is 11.9 Å². The van der Waals surface area contributed by atoms with E-state index in [1.165, 1.54) is 18.3 Å². The number of hydrogen-bond acceptors (Lipinski definition) is 5. The van der Waals surface area contributed by atoms with E-state index >= 15 is 0 Å². The van der Waals surface area contributed by atoms with Gasteiger partial charge < -0.3 is 14.8 Å². The molecule has 2 aromatic carbocycles. The van der Waals surface area contributed by atoms with Gasteiger partial charge in [0.05, 0.1) is 6.54 Å². The molecule has 28 heavy (non-hydrogen) atoms. The first-order chi connectivity index (χ1) is 13.3. The molecule has 1 heterocycles. The number of aromatic nitrogens is 1. The second-order valence-electron chi connectivity index (χ2n) is 5.54. The molecular formula is C19H16N2O6S. The molecule has 3 rings (SSSR count). The largest absolute Gasteiger partial charge is 0.473 e. The Morgan fingerprint density at radius 1 is 1.00 bits per heavy atom. The van der Waals surface area contributed by atoms with Crippen molar-refractivity contribution >= 4 is 45.7 Å². The summed E-state index contributed by atoms with van der Waals surface area (Å²) in [6.45, 7) is 1.57. The number of aliphatic carboxylic acids is 2. The van der Waals surface area contributed by atoms with Crippen LogP contribution in [0.3, 0.4) is 0 Å². The van der Waals surface area contributed by atoms with Gasteiger partial charge in [-0.15, -0.1) is 11.3 Å². The van der Waals surface area contributed by atoms with Gasteiger partial charge in [-0.2, -0.15) is 4.99 Å². The second kappa shape index (κ2) is 9.38. The number of carboxylic acids is 2. The maximum absolute atomic E-state index is 12.5. The number of carbonyl (C=O) groups is 4. The van der Waals surface area contributed by atoms with E-state index in [-0.39, 0.29) is 18.2 Å². The third kappa shape index (κ3) is 5.71. The highest BCUT2D eigenvalue weighted by molar-refractivity contribution is 7.07. The lowest BCUT2D eigenvalue weighted by molar-refractivity contribution is -0.159. The molecule has 0 saturated heterocycles. The van der Waals surface area contributed by atoms with E-state index in [0.717, 1.165) is 10.8 Å². The Kier molecular flexibility index (Phi) is 6.94. The van der Waals surface area contributed by atoms with Crippen LogP contribution in [0.1, 0.15) is 17.3 Å². The maximum Gasteiger partial charge on any atom is 0.414 e. The van der Waals surface area contributed by atoms with Crippen LogP contribution in [0.5, 0.6) is 0 Å². The SMILES string of the molecule is CC(=O)N=c1sccn1CC(=O)c1ccc2ccccc2c1.O=C(O)C(=O)O. The van der Waals surface area contributed by atoms with Crippen molar-refractivity contribution in [3.63, 3.8) is 0 Å². The van der Waals surface area contributed by atoms with Crippen molar-refractivity contribution < 1.29 is 29.4 Å². The standard InChI is InChI=1S/C17H14N2O2S.C2H2O4/c1-12(20)18-17-19(8-9-22-17)11-16(21)15-7-6-13-4-2-3-5-14(13)10-15;3-1(4)2(5)6/h2-10H,11H2,1H3;(H,3,4)(H,5,6). The molecule has 0 saturated carbocycles. The Hall–Kier alpha value is -3.59. The Balaban J connectivity index is 0.000000409. The van der Waals surface area contributed by atoms with Crippen LogP contribution in [0.25, 0.3) is 10.8 Å². The number of benzene rings is 2. The molecule has 0 atom stereocenters. The highest BCUT2D eigenvalue weighted by Gasteiger charge is 2.09. The fourth-order valence-corrected chi connectivity index (χ4v) is 3.02. The van der Waals surface area contributed by atoms with E-state index in [2.05, 4.69) is 4.99 Å². The molecule has 0 aliphatic carbocycles. The molecule has 8 nitrogen and oxygen atoms in total. The molecule has 0 aliphatic rings. The number of ketones is 1. The van der Waals surface area contributed by atoms with Gasteiger partial charge in [0.2, 0.25) is 5.91 Å². The lowest BCUT2D eigenvalue weighted by atomic mass is 10.0. The first kappa shape index (κ1) is 20.7. The Morgan fingerprint density at radius 2 is 1.64 bits per heavy atom. The molecule has 3 aromatic rings. The molecule has 0 spiro atoms. The summed E-state index contributed by atoms with van der Waals surface area (Å²) in [6, 6.07) is 13.6. The summed E-state index contributed by atoms with van der Waals surface area (Å²) in [4.78, 5) is 46.2. The van der Waals surface area contributed by atoms with Gasteiger partial charge in [0.25, 0.3) is 0 Å². The van der Waals surface area contributed by atoms with Crippen molar-refractivity contribution in [3.8, 4) is 0 Å². The van der Waals surface area contributed by atoms with Crippen molar-refractivity contribution in [2.45, 2.75) is 13.5 Å². The van der Waals surface area contributed by atoms with Gasteiger partial charge in [-0.25, -0.2) is 9.59 Å². The van der Waals surface area contributed by atoms with Crippen LogP contribution in [0, 0.1) is 0 Å². The summed E-state index contributed by atoms with van der Waals surface area (Å²) in [7, 11) is 0. The summed E-state index contributed by atoms with van der Waals surface area (Å²) in [6.07, 6.45) is 1.77. The summed E-state index contributed by atoms with van der Waals surface area (Å²) >= 11 is 1.34. The van der Waals surface area contributed by atoms with Crippen molar-refractivity contribution in [2.75, 3.05) is 0 Å². The van der Waals surface area contributed by atoms with Crippen LogP contribution in [0.15, 0.2) is 59.0 Å². The topological polar surface area (TPSA) is 126 Å². The number of Topliss-reactive ketones (excluding diaryl/α,β-unsaturated/α-hetero) is 1. The third-order valence-corrected chi connectivity index (χ3v) is 4.28. The molecule has 144 valence electrons. The maximum atomic E-state index is 12.5. The van der Waals surface area contributed by atoms with E-state index in [9.17, 15) is 9.59 Å². The third-order valence-electron chi connectivity index (χ3n) is 3.48. The zero-order valence-electron chi connectivity index (χ0n) is 14.7. The minimum Gasteiger partial charge on any atom is -0.473 e. The summed E-state index contributed by atoms with van der Waals surface area (Å²) < 4.78 is 1.70. The van der Waals surface area contributed by atoms with E-state index in [0.29, 0.717) is 10.4 Å². The van der Waals surface area contributed by atoms with Crippen LogP contribution < -0.4 is 4.80 Å². The van der Waals surface area contributed by atoms with Crippen LogP contribution >= 0.6 is 11.3 Å². The van der Waals surface area contributed by atoms with Gasteiger partial charge in [0, 0.05) is 24.1 Å². The summed E-state index contributed by atoms with van der Waals surface area (Å²) in [5.41, 5.74) is 0.658. The summed E-state index contributed by atoms with van der Waals surface area (Å²) in [5.74, 6) is -3.92. The van der Waals surface area contributed by atoms with Crippen molar-refractivity contribution in [1.29, 1.82) is 0 Å². The van der Waals surface area contributed by atoms with Gasteiger partial charge in [-0.05, 0) is 16.8 Å². The first-order valence-electron chi connectivity index (χ1n) is 7.95. The predicted molar refractivity (Wildman–Crippen MR) is 102 cm³/mol. The Labute approximate surface area is 163 Å². The minimum absolute atomic E-state index is 0.00541. The van der Waals surface area contributed by atoms with E-state index in [4.69, 9.17) is 19.8 Å². The van der Waals surface area contributed by atoms with Crippen LogP contribution in [-0.2, 0) is 20.9 Å². The number of hydrogen-bond donors (Lipinski definition) is 2. The van der Waals surface area contributed by atoms with Crippen LogP contribution in [0.2, 0.25) is 0 Å². The number of carbonyl (C=O) groups excluding carboxylic acids is 2. The van der Waals surface area contributed by atoms with E-state index in [1.54, 1.807) is 10.8 Å². The van der Waals surface area contributed by atoms with Crippen LogP contribution in [-0.4, -0.2) is 38.4 Å². The van der Waals surface area contributed by atoms with Gasteiger partial charge in [-0.3, -0.25) is 9.59 Å². The quantitative estimate of drug-likeness (QED) is 0.513. The molecule has 0 aliphatic heterocycles. The molecule has 1 aromatic heterocycles. The highest BCUT2D eigenvalue weighted by Crippen LogP contribution is 2.16. The summed E-state index contributed by atoms with van der Waals surface area (Å²) in [5, 5.41) is 18.7. The van der Waals surface area contributed by atoms with Gasteiger partial charge in [0.1, 0.15) is 0 Å². The van der Waals surface area contributed by atoms with E-state index < -0.39 is 11.9 Å². The fourth-order valence-electron chi connectivity index (χ4n) is 2.25. The molecule has 1 amide bonds. The van der Waals surface area contributed by atoms with Gasteiger partial charge in [0.15, 0.2) is 10.6 Å². The normalized spacial score (nSPS) is 10.8. The number of fused-ring (bicyclic) bond motifs is 1. The van der Waals surface area contributed by atoms with Crippen LogP contribution in [0.4, 0.5) is 0 Å². The monoisotopic (exact) mass is 400 g/mol. The molecule has 0 unspecified atom stereocenters. The fraction of sp³-hybridized carbons (Fsp3) is 0.105. The zero-order valence-corrected chi connectivity index (χ0v) is 15.5. The first-order valence-corrected chi connectivity index (χ1v) is 8.83. The molecule has 0 radical (unpaired) electrons. The number of thiazole rings is 1. The number of carboxylic acid groups (broad SMARTS) is 2. The molecule has 2 N–H and O–H groups in total. The van der Waals surface area contributed by atoms with Crippen molar-refractivity contribution in [3.05, 3.63) is 64.4 Å². The average molecular weight is 400 g/mol. The van der Waals surface area contributed by atoms with Crippen molar-refractivity contribution in [2.24, 2.45) is 4.99 Å². The predicted octanol–water partition coefficient (Wildman–Crippen LogP) is 2.19. The Morgan fingerprint density at radius 3 is 2.25 bits per heavy atom. The Bertz CT molecular complexity index is 1100. The number of nitrogens with zero attached hydrogens (tertiary/aromatic N) is 2. The molecular weight excluding hydrogens is 384 g/mol. The molecule has 0 fully saturated rings. The zero-order chi connectivity index (χ0) is 20.7. The average Bonchev–Trinajstić information content (AvgIpc) is 3.07. The minimum atomic E-state index is -1.82. The smallest absolute Gasteiger partial charge is 0.414 e. The lowest BCUT2D eigenvalue weighted by Crippen LogP contribution is -2.20. The van der Waals surface area contributed by atoms with E-state index in [1.807, 2.05) is 47.8 Å². The molecule has 9 heteroatoms. The second-order valence-corrected chi connectivity index (χ2v) is 6.41. The number of rotatable bonds is 3. The molecule has 0 bridgehead atoms. The number of amides is 1. The highest BCUT2D eigenvalue weighted by atomic mass is 32.1. The van der Waals surface area contributed by atoms with Gasteiger partial charge in [-0.1, -0.05) is 36.4 Å². The lowest BCUT2D eigenvalue weighted by Gasteiger charge is -2.04. The van der Waals surface area contributed by atoms with Crippen molar-refractivity contribution in [1.82, 2.24) is 4.57 Å².